The number of Topliss-reactive ketones (excluding diaryl/α,β-unsaturated/α-hetero) is 1. The number of fused-ring (bicyclic) bond motifs is 1. The zero-order valence-electron chi connectivity index (χ0n) is 15.6. The first-order valence-electron chi connectivity index (χ1n) is 9.38. The number of unbranched alkanes of at least 4 members (excludes halogenated alkanes) is 1. The molecule has 3 heterocycles. The van der Waals surface area contributed by atoms with E-state index in [2.05, 4.69) is 9.97 Å². The van der Waals surface area contributed by atoms with Crippen LogP contribution in [0.2, 0.25) is 0 Å². The number of amides is 1. The number of para-hydroxylation sites is 1. The number of nitrogens with one attached hydrogen (secondary N) is 1. The molecule has 1 amide bonds. The van der Waals surface area contributed by atoms with E-state index in [-0.39, 0.29) is 11.3 Å². The van der Waals surface area contributed by atoms with Crippen LogP contribution in [0.3, 0.4) is 0 Å². The van der Waals surface area contributed by atoms with E-state index in [4.69, 9.17) is 0 Å². The van der Waals surface area contributed by atoms with Crippen molar-refractivity contribution in [1.82, 2.24) is 14.9 Å². The Bertz CT molecular complexity index is 1070. The van der Waals surface area contributed by atoms with Gasteiger partial charge in [-0.3, -0.25) is 14.6 Å². The number of likely N-dealkylation sites (tertiary alicyclic amines) is 1. The van der Waals surface area contributed by atoms with Crippen molar-refractivity contribution in [3.8, 4) is 0 Å². The predicted molar refractivity (Wildman–Crippen MR) is 106 cm³/mol. The molecule has 2 N–H and O–H groups in total. The molecular weight excluding hydrogens is 354 g/mol. The number of rotatable bonds is 5. The lowest BCUT2D eigenvalue weighted by Crippen LogP contribution is -2.30. The quantitative estimate of drug-likeness (QED) is 0.404. The lowest BCUT2D eigenvalue weighted by Gasteiger charge is -2.24. The van der Waals surface area contributed by atoms with Crippen molar-refractivity contribution in [2.45, 2.75) is 25.8 Å². The average molecular weight is 375 g/mol. The molecule has 1 aromatic carbocycles. The van der Waals surface area contributed by atoms with Gasteiger partial charge >= 0.3 is 0 Å². The van der Waals surface area contributed by atoms with Gasteiger partial charge in [0, 0.05) is 47.2 Å². The van der Waals surface area contributed by atoms with E-state index in [1.165, 1.54) is 0 Å². The fourth-order valence-electron chi connectivity index (χ4n) is 3.75. The number of nitrogens with zero attached hydrogens (tertiary/aromatic N) is 2. The number of aromatic amines is 1. The molecule has 1 saturated heterocycles. The van der Waals surface area contributed by atoms with Crippen molar-refractivity contribution in [3.05, 3.63) is 71.7 Å². The molecule has 6 heteroatoms. The monoisotopic (exact) mass is 375 g/mol. The Labute approximate surface area is 162 Å². The van der Waals surface area contributed by atoms with Gasteiger partial charge in [0.05, 0.1) is 11.6 Å². The van der Waals surface area contributed by atoms with Crippen LogP contribution in [0.1, 0.15) is 36.9 Å². The lowest BCUT2D eigenvalue weighted by atomic mass is 9.95. The van der Waals surface area contributed by atoms with Gasteiger partial charge in [0.25, 0.3) is 11.7 Å². The van der Waals surface area contributed by atoms with Crippen molar-refractivity contribution >= 4 is 28.4 Å². The van der Waals surface area contributed by atoms with E-state index in [9.17, 15) is 14.7 Å². The van der Waals surface area contributed by atoms with Crippen molar-refractivity contribution in [2.24, 2.45) is 0 Å². The zero-order valence-corrected chi connectivity index (χ0v) is 15.6. The summed E-state index contributed by atoms with van der Waals surface area (Å²) in [4.78, 5) is 34.4. The second kappa shape index (κ2) is 7.31. The molecule has 1 atom stereocenters. The van der Waals surface area contributed by atoms with Gasteiger partial charge in [-0.1, -0.05) is 31.5 Å². The molecule has 0 aliphatic carbocycles. The number of ketones is 1. The van der Waals surface area contributed by atoms with E-state index < -0.39 is 17.7 Å². The highest BCUT2D eigenvalue weighted by molar-refractivity contribution is 6.46. The number of H-pyrrole nitrogens is 1. The van der Waals surface area contributed by atoms with E-state index >= 15 is 0 Å². The average Bonchev–Trinajstić information content (AvgIpc) is 3.26. The number of aliphatic hydroxyl groups excluding tert-OH is 1. The van der Waals surface area contributed by atoms with Gasteiger partial charge in [0.1, 0.15) is 5.76 Å². The molecule has 0 saturated carbocycles. The van der Waals surface area contributed by atoms with Crippen LogP contribution in [0.25, 0.3) is 16.7 Å². The van der Waals surface area contributed by atoms with E-state index in [1.54, 1.807) is 29.4 Å². The summed E-state index contributed by atoms with van der Waals surface area (Å²) < 4.78 is 0. The summed E-state index contributed by atoms with van der Waals surface area (Å²) in [6, 6.07) is 10.4. The molecule has 28 heavy (non-hydrogen) atoms. The highest BCUT2D eigenvalue weighted by Gasteiger charge is 2.46. The summed E-state index contributed by atoms with van der Waals surface area (Å²) >= 11 is 0. The van der Waals surface area contributed by atoms with Crippen LogP contribution in [-0.4, -0.2) is 38.2 Å². The summed E-state index contributed by atoms with van der Waals surface area (Å²) in [5, 5.41) is 11.9. The number of carbonyl (C=O) groups is 2. The largest absolute Gasteiger partial charge is 0.507 e. The van der Waals surface area contributed by atoms with Gasteiger partial charge in [-0.25, -0.2) is 0 Å². The number of pyridine rings is 1. The lowest BCUT2D eigenvalue weighted by molar-refractivity contribution is -0.139. The van der Waals surface area contributed by atoms with Gasteiger partial charge in [0.2, 0.25) is 0 Å². The third-order valence-electron chi connectivity index (χ3n) is 5.16. The van der Waals surface area contributed by atoms with Gasteiger partial charge in [0.15, 0.2) is 0 Å². The van der Waals surface area contributed by atoms with E-state index in [0.29, 0.717) is 12.1 Å². The molecule has 0 bridgehead atoms. The third kappa shape index (κ3) is 2.87. The van der Waals surface area contributed by atoms with Crippen molar-refractivity contribution < 1.29 is 14.7 Å². The van der Waals surface area contributed by atoms with E-state index in [1.807, 2.05) is 37.4 Å². The normalized spacial score (nSPS) is 18.9. The van der Waals surface area contributed by atoms with Crippen LogP contribution in [-0.2, 0) is 9.59 Å². The van der Waals surface area contributed by atoms with Crippen LogP contribution < -0.4 is 0 Å². The second-order valence-corrected chi connectivity index (χ2v) is 6.87. The van der Waals surface area contributed by atoms with Crippen LogP contribution in [0.15, 0.2) is 60.6 Å². The maximum atomic E-state index is 12.9. The zero-order chi connectivity index (χ0) is 19.7. The SMILES string of the molecule is CCCCN1C(=O)C(=O)/C(=C(/O)c2ccncc2)C1c1c[nH]c2ccccc12. The molecule has 0 radical (unpaired) electrons. The molecule has 2 aromatic heterocycles. The van der Waals surface area contributed by atoms with E-state index in [0.717, 1.165) is 29.3 Å². The number of aromatic nitrogens is 2. The Morgan fingerprint density at radius 3 is 2.68 bits per heavy atom. The Kier molecular flexibility index (Phi) is 4.69. The molecule has 0 spiro atoms. The molecule has 142 valence electrons. The maximum absolute atomic E-state index is 12.9. The number of aliphatic hydroxyl groups is 1. The number of hydrogen-bond donors (Lipinski definition) is 2. The van der Waals surface area contributed by atoms with Crippen molar-refractivity contribution in [3.63, 3.8) is 0 Å². The summed E-state index contributed by atoms with van der Waals surface area (Å²) in [7, 11) is 0. The molecular formula is C22H21N3O3. The Hall–Kier alpha value is -3.41. The predicted octanol–water partition coefficient (Wildman–Crippen LogP) is 3.78. The third-order valence-corrected chi connectivity index (χ3v) is 5.16. The molecule has 1 fully saturated rings. The minimum atomic E-state index is -0.652. The molecule has 1 aliphatic heterocycles. The Morgan fingerprint density at radius 2 is 1.93 bits per heavy atom. The summed E-state index contributed by atoms with van der Waals surface area (Å²) in [5.41, 5.74) is 2.31. The number of hydrogen-bond acceptors (Lipinski definition) is 4. The minimum Gasteiger partial charge on any atom is -0.507 e. The van der Waals surface area contributed by atoms with Crippen LogP contribution in [0, 0.1) is 0 Å². The summed E-state index contributed by atoms with van der Waals surface area (Å²) in [6.45, 7) is 2.49. The van der Waals surface area contributed by atoms with Gasteiger partial charge in [-0.15, -0.1) is 0 Å². The van der Waals surface area contributed by atoms with Crippen LogP contribution >= 0.6 is 0 Å². The molecule has 6 nitrogen and oxygen atoms in total. The Morgan fingerprint density at radius 1 is 1.18 bits per heavy atom. The smallest absolute Gasteiger partial charge is 0.295 e. The highest BCUT2D eigenvalue weighted by atomic mass is 16.3. The molecule has 1 aliphatic rings. The molecule has 1 unspecified atom stereocenters. The fraction of sp³-hybridized carbons (Fsp3) is 0.227. The fourth-order valence-corrected chi connectivity index (χ4v) is 3.75. The second-order valence-electron chi connectivity index (χ2n) is 6.87. The number of benzene rings is 1. The van der Waals surface area contributed by atoms with Gasteiger partial charge in [-0.2, -0.15) is 0 Å². The van der Waals surface area contributed by atoms with Gasteiger partial charge < -0.3 is 15.0 Å². The Balaban J connectivity index is 1.92. The first-order valence-corrected chi connectivity index (χ1v) is 9.38. The van der Waals surface area contributed by atoms with Crippen LogP contribution in [0.5, 0.6) is 0 Å². The standard InChI is InChI=1S/C22H21N3O3/c1-2-3-12-25-19(16-13-24-17-7-5-4-6-15(16)17)18(21(27)22(25)28)20(26)14-8-10-23-11-9-14/h4-11,13,19,24,26H,2-3,12H2,1H3/b20-18+. The van der Waals surface area contributed by atoms with Gasteiger partial charge in [-0.05, 0) is 24.6 Å². The first kappa shape index (κ1) is 18.0. The van der Waals surface area contributed by atoms with Crippen LogP contribution in [0.4, 0.5) is 0 Å². The number of carbonyl (C=O) groups excluding carboxylic acids is 2. The first-order chi connectivity index (χ1) is 13.6. The maximum Gasteiger partial charge on any atom is 0.295 e. The minimum absolute atomic E-state index is 0.122. The van der Waals surface area contributed by atoms with Crippen molar-refractivity contribution in [2.75, 3.05) is 6.54 Å². The molecule has 3 aromatic rings. The summed E-state index contributed by atoms with van der Waals surface area (Å²) in [5.74, 6) is -1.39. The highest BCUT2D eigenvalue weighted by Crippen LogP contribution is 2.41. The van der Waals surface area contributed by atoms with Crippen molar-refractivity contribution in [1.29, 1.82) is 0 Å². The molecule has 4 rings (SSSR count). The summed E-state index contributed by atoms with van der Waals surface area (Å²) in [6.07, 6.45) is 6.58. The topological polar surface area (TPSA) is 86.3 Å².